The van der Waals surface area contributed by atoms with E-state index in [4.69, 9.17) is 23.7 Å². The second-order valence-electron chi connectivity index (χ2n) is 9.53. The summed E-state index contributed by atoms with van der Waals surface area (Å²) in [5.41, 5.74) is -0.537. The molecule has 0 N–H and O–H groups in total. The lowest BCUT2D eigenvalue weighted by atomic mass is 9.80. The van der Waals surface area contributed by atoms with E-state index in [2.05, 4.69) is 20.8 Å². The summed E-state index contributed by atoms with van der Waals surface area (Å²) in [6, 6.07) is 0. The van der Waals surface area contributed by atoms with E-state index in [-0.39, 0.29) is 30.5 Å². The summed E-state index contributed by atoms with van der Waals surface area (Å²) in [4.78, 5) is 12.5. The van der Waals surface area contributed by atoms with E-state index in [1.807, 2.05) is 34.6 Å². The van der Waals surface area contributed by atoms with Gasteiger partial charge in [0, 0.05) is 12.3 Å². The Morgan fingerprint density at radius 2 is 1.74 bits per heavy atom. The van der Waals surface area contributed by atoms with Gasteiger partial charge in [-0.05, 0) is 47.0 Å². The molecule has 0 bridgehead atoms. The van der Waals surface area contributed by atoms with Crippen molar-refractivity contribution in [3.63, 3.8) is 0 Å². The van der Waals surface area contributed by atoms with Gasteiger partial charge in [-0.2, -0.15) is 0 Å². The van der Waals surface area contributed by atoms with Crippen molar-refractivity contribution in [1.82, 2.24) is 0 Å². The second kappa shape index (κ2) is 8.36. The van der Waals surface area contributed by atoms with Gasteiger partial charge < -0.3 is 23.7 Å². The lowest BCUT2D eigenvalue weighted by molar-refractivity contribution is -0.338. The number of esters is 1. The standard InChI is InChI=1S/C21H38O6/c1-9-16-15(18(14(2)3)27-20(7,8)25-16)12-21(23-10-11-24-21)13-17(22)26-19(4,5)6/h14-16,18H,9-13H2,1-8H3/t15-,16-,18+/m1/s1. The number of hydrogen-bond acceptors (Lipinski definition) is 6. The molecular formula is C21H38O6. The highest BCUT2D eigenvalue weighted by Gasteiger charge is 2.50. The molecule has 2 aliphatic rings. The van der Waals surface area contributed by atoms with Gasteiger partial charge in [-0.15, -0.1) is 0 Å². The molecule has 2 aliphatic heterocycles. The van der Waals surface area contributed by atoms with Crippen LogP contribution in [0.25, 0.3) is 0 Å². The van der Waals surface area contributed by atoms with E-state index in [9.17, 15) is 4.79 Å². The smallest absolute Gasteiger partial charge is 0.311 e. The first-order valence-electron chi connectivity index (χ1n) is 10.2. The number of ether oxygens (including phenoxy) is 5. The minimum Gasteiger partial charge on any atom is -0.460 e. The summed E-state index contributed by atoms with van der Waals surface area (Å²) >= 11 is 0. The molecule has 0 amide bonds. The zero-order valence-corrected chi connectivity index (χ0v) is 18.3. The molecule has 3 atom stereocenters. The Hall–Kier alpha value is -0.690. The van der Waals surface area contributed by atoms with Gasteiger partial charge in [0.15, 0.2) is 11.6 Å². The maximum absolute atomic E-state index is 12.5. The fraction of sp³-hybridized carbons (Fsp3) is 0.952. The van der Waals surface area contributed by atoms with E-state index in [0.717, 1.165) is 6.42 Å². The Balaban J connectivity index is 2.20. The molecule has 27 heavy (non-hydrogen) atoms. The van der Waals surface area contributed by atoms with E-state index in [1.165, 1.54) is 0 Å². The Labute approximate surface area is 164 Å². The van der Waals surface area contributed by atoms with Crippen molar-refractivity contribution in [3.8, 4) is 0 Å². The quantitative estimate of drug-likeness (QED) is 0.642. The lowest BCUT2D eigenvalue weighted by Crippen LogP contribution is -2.55. The van der Waals surface area contributed by atoms with Crippen LogP contribution in [0.15, 0.2) is 0 Å². The number of carbonyl (C=O) groups is 1. The van der Waals surface area contributed by atoms with Gasteiger partial charge in [0.25, 0.3) is 0 Å². The Morgan fingerprint density at radius 3 is 2.22 bits per heavy atom. The fourth-order valence-corrected chi connectivity index (χ4v) is 4.12. The molecule has 6 heteroatoms. The maximum Gasteiger partial charge on any atom is 0.311 e. The molecule has 0 spiro atoms. The summed E-state index contributed by atoms with van der Waals surface area (Å²) in [6.45, 7) is 16.9. The van der Waals surface area contributed by atoms with E-state index >= 15 is 0 Å². The monoisotopic (exact) mass is 386 g/mol. The summed E-state index contributed by atoms with van der Waals surface area (Å²) < 4.78 is 29.9. The van der Waals surface area contributed by atoms with Crippen molar-refractivity contribution in [2.75, 3.05) is 13.2 Å². The molecule has 0 aromatic rings. The average Bonchev–Trinajstić information content (AvgIpc) is 2.94. The predicted molar refractivity (Wildman–Crippen MR) is 102 cm³/mol. The average molecular weight is 387 g/mol. The van der Waals surface area contributed by atoms with Gasteiger partial charge in [-0.25, -0.2) is 0 Å². The molecule has 0 saturated carbocycles. The van der Waals surface area contributed by atoms with Crippen molar-refractivity contribution < 1.29 is 28.5 Å². The van der Waals surface area contributed by atoms with Gasteiger partial charge in [0.2, 0.25) is 0 Å². The van der Waals surface area contributed by atoms with Gasteiger partial charge in [-0.1, -0.05) is 20.8 Å². The number of hydrogen-bond donors (Lipinski definition) is 0. The van der Waals surface area contributed by atoms with Crippen LogP contribution < -0.4 is 0 Å². The van der Waals surface area contributed by atoms with Crippen LogP contribution in [0.2, 0.25) is 0 Å². The summed E-state index contributed by atoms with van der Waals surface area (Å²) in [7, 11) is 0. The molecule has 2 rings (SSSR count). The topological polar surface area (TPSA) is 63.2 Å². The zero-order chi connectivity index (χ0) is 20.5. The van der Waals surface area contributed by atoms with Crippen molar-refractivity contribution in [1.29, 1.82) is 0 Å². The molecular weight excluding hydrogens is 348 g/mol. The lowest BCUT2D eigenvalue weighted by Gasteiger charge is -2.49. The Bertz CT molecular complexity index is 501. The van der Waals surface area contributed by atoms with Crippen LogP contribution in [0, 0.1) is 11.8 Å². The molecule has 2 fully saturated rings. The van der Waals surface area contributed by atoms with Crippen LogP contribution in [0.3, 0.4) is 0 Å². The normalized spacial score (nSPS) is 30.5. The number of carbonyl (C=O) groups excluding carboxylic acids is 1. The second-order valence-corrected chi connectivity index (χ2v) is 9.53. The predicted octanol–water partition coefficient (Wildman–Crippen LogP) is 4.05. The number of rotatable bonds is 6. The first-order valence-corrected chi connectivity index (χ1v) is 10.2. The van der Waals surface area contributed by atoms with Crippen LogP contribution >= 0.6 is 0 Å². The fourth-order valence-electron chi connectivity index (χ4n) is 4.12. The summed E-state index contributed by atoms with van der Waals surface area (Å²) in [6.07, 6.45) is 1.50. The van der Waals surface area contributed by atoms with E-state index in [1.54, 1.807) is 0 Å². The van der Waals surface area contributed by atoms with Crippen molar-refractivity contribution >= 4 is 5.97 Å². The molecule has 6 nitrogen and oxygen atoms in total. The molecule has 2 heterocycles. The first-order chi connectivity index (χ1) is 12.4. The molecule has 158 valence electrons. The van der Waals surface area contributed by atoms with E-state index < -0.39 is 17.2 Å². The van der Waals surface area contributed by atoms with Crippen LogP contribution in [0.1, 0.15) is 74.7 Å². The molecule has 0 aliphatic carbocycles. The van der Waals surface area contributed by atoms with Gasteiger partial charge in [0.1, 0.15) is 5.60 Å². The van der Waals surface area contributed by atoms with Crippen LogP contribution in [-0.2, 0) is 28.5 Å². The van der Waals surface area contributed by atoms with Gasteiger partial charge in [0.05, 0.1) is 31.8 Å². The summed E-state index contributed by atoms with van der Waals surface area (Å²) in [5.74, 6) is -1.52. The Kier molecular flexibility index (Phi) is 6.99. The molecule has 0 radical (unpaired) electrons. The highest BCUT2D eigenvalue weighted by Crippen LogP contribution is 2.42. The van der Waals surface area contributed by atoms with Crippen molar-refractivity contribution in [2.45, 2.75) is 104 Å². The van der Waals surface area contributed by atoms with Gasteiger partial charge in [-0.3, -0.25) is 4.79 Å². The van der Waals surface area contributed by atoms with Crippen LogP contribution in [0.4, 0.5) is 0 Å². The minimum absolute atomic E-state index is 0.00186. The van der Waals surface area contributed by atoms with Crippen LogP contribution in [0.5, 0.6) is 0 Å². The van der Waals surface area contributed by atoms with Crippen molar-refractivity contribution in [3.05, 3.63) is 0 Å². The molecule has 0 unspecified atom stereocenters. The zero-order valence-electron chi connectivity index (χ0n) is 18.3. The van der Waals surface area contributed by atoms with E-state index in [0.29, 0.717) is 25.6 Å². The maximum atomic E-state index is 12.5. The Morgan fingerprint density at radius 1 is 1.15 bits per heavy atom. The van der Waals surface area contributed by atoms with Crippen molar-refractivity contribution in [2.24, 2.45) is 11.8 Å². The molecule has 2 saturated heterocycles. The third-order valence-corrected chi connectivity index (χ3v) is 5.01. The summed E-state index contributed by atoms with van der Waals surface area (Å²) in [5, 5.41) is 0. The molecule has 0 aromatic heterocycles. The largest absolute Gasteiger partial charge is 0.460 e. The third kappa shape index (κ3) is 6.14. The minimum atomic E-state index is -0.970. The van der Waals surface area contributed by atoms with Gasteiger partial charge >= 0.3 is 5.97 Å². The highest BCUT2D eigenvalue weighted by molar-refractivity contribution is 5.71. The van der Waals surface area contributed by atoms with Crippen LogP contribution in [-0.4, -0.2) is 48.6 Å². The highest BCUT2D eigenvalue weighted by atomic mass is 16.7. The SMILES string of the molecule is CC[C@H]1OC(C)(C)O[C@@H](C(C)C)[C@@H]1CC1(CC(=O)OC(C)(C)C)OCCO1. The first kappa shape index (κ1) is 22.6. The third-order valence-electron chi connectivity index (χ3n) is 5.01. The molecule has 0 aromatic carbocycles.